The number of amides is 1. The fourth-order valence-corrected chi connectivity index (χ4v) is 3.36. The summed E-state index contributed by atoms with van der Waals surface area (Å²) >= 11 is 11.9. The van der Waals surface area contributed by atoms with Gasteiger partial charge in [0.25, 0.3) is 0 Å². The molecule has 0 bridgehead atoms. The summed E-state index contributed by atoms with van der Waals surface area (Å²) < 4.78 is 24.4. The maximum Gasteiger partial charge on any atom is 0.240 e. The minimum atomic E-state index is -3.45. The molecule has 1 aromatic rings. The highest BCUT2D eigenvalue weighted by Crippen LogP contribution is 2.63. The predicted octanol–water partition coefficient (Wildman–Crippen LogP) is 1.79. The second-order valence-corrected chi connectivity index (χ2v) is 8.62. The second-order valence-electron chi connectivity index (χ2n) is 5.25. The number of benzene rings is 1. The van der Waals surface area contributed by atoms with E-state index in [0.717, 1.165) is 5.56 Å². The third-order valence-electron chi connectivity index (χ3n) is 3.71. The van der Waals surface area contributed by atoms with Gasteiger partial charge >= 0.3 is 0 Å². The molecular formula is C13H16Cl2N2O3S. The molecule has 0 aromatic heterocycles. The number of carbonyl (C=O) groups excluding carboxylic acids is 1. The molecule has 0 radical (unpaired) electrons. The molecule has 1 amide bonds. The molecule has 1 saturated carbocycles. The van der Waals surface area contributed by atoms with E-state index in [4.69, 9.17) is 23.2 Å². The lowest BCUT2D eigenvalue weighted by Gasteiger charge is -2.12. The van der Waals surface area contributed by atoms with Crippen LogP contribution in [0.4, 0.5) is 0 Å². The van der Waals surface area contributed by atoms with E-state index in [1.165, 1.54) is 19.2 Å². The SMILES string of the molecule is CNS(=O)(=O)c1ccc(CNC(=O)C2(C)CC2(Cl)Cl)cc1. The van der Waals surface area contributed by atoms with Crippen LogP contribution in [0.2, 0.25) is 0 Å². The maximum absolute atomic E-state index is 12.0. The van der Waals surface area contributed by atoms with E-state index in [0.29, 0.717) is 6.42 Å². The second kappa shape index (κ2) is 5.43. The molecule has 2 N–H and O–H groups in total. The Morgan fingerprint density at radius 3 is 2.24 bits per heavy atom. The van der Waals surface area contributed by atoms with Gasteiger partial charge in [-0.25, -0.2) is 13.1 Å². The Balaban J connectivity index is 1.98. The van der Waals surface area contributed by atoms with E-state index in [-0.39, 0.29) is 17.3 Å². The van der Waals surface area contributed by atoms with E-state index in [2.05, 4.69) is 10.0 Å². The van der Waals surface area contributed by atoms with Crippen molar-refractivity contribution in [1.29, 1.82) is 0 Å². The van der Waals surface area contributed by atoms with Crippen LogP contribution in [-0.4, -0.2) is 25.7 Å². The van der Waals surface area contributed by atoms with Gasteiger partial charge in [-0.3, -0.25) is 4.79 Å². The summed E-state index contributed by atoms with van der Waals surface area (Å²) in [6.45, 7) is 2.00. The summed E-state index contributed by atoms with van der Waals surface area (Å²) in [6, 6.07) is 6.27. The Hall–Kier alpha value is -0.820. The molecule has 8 heteroatoms. The van der Waals surface area contributed by atoms with Crippen LogP contribution in [0.1, 0.15) is 18.9 Å². The maximum atomic E-state index is 12.0. The van der Waals surface area contributed by atoms with Crippen molar-refractivity contribution in [3.8, 4) is 0 Å². The number of alkyl halides is 2. The summed E-state index contributed by atoms with van der Waals surface area (Å²) in [5.74, 6) is -0.209. The van der Waals surface area contributed by atoms with Crippen LogP contribution in [0.3, 0.4) is 0 Å². The van der Waals surface area contributed by atoms with Crippen LogP contribution >= 0.6 is 23.2 Å². The highest BCUT2D eigenvalue weighted by atomic mass is 35.5. The molecule has 1 aliphatic rings. The quantitative estimate of drug-likeness (QED) is 0.795. The number of hydrogen-bond donors (Lipinski definition) is 2. The minimum absolute atomic E-state index is 0.176. The average molecular weight is 351 g/mol. The summed E-state index contributed by atoms with van der Waals surface area (Å²) in [7, 11) is -2.10. The van der Waals surface area contributed by atoms with E-state index in [1.54, 1.807) is 19.1 Å². The van der Waals surface area contributed by atoms with Gasteiger partial charge < -0.3 is 5.32 Å². The zero-order valence-corrected chi connectivity index (χ0v) is 13.9. The molecule has 21 heavy (non-hydrogen) atoms. The Labute approximate surface area is 134 Å². The van der Waals surface area contributed by atoms with Gasteiger partial charge in [0.1, 0.15) is 4.33 Å². The van der Waals surface area contributed by atoms with E-state index in [9.17, 15) is 13.2 Å². The van der Waals surface area contributed by atoms with Gasteiger partial charge in [0, 0.05) is 6.54 Å². The molecule has 0 heterocycles. The Bertz CT molecular complexity index is 658. The van der Waals surface area contributed by atoms with Crippen molar-refractivity contribution < 1.29 is 13.2 Å². The molecule has 0 aliphatic heterocycles. The van der Waals surface area contributed by atoms with Gasteiger partial charge in [0.2, 0.25) is 15.9 Å². The van der Waals surface area contributed by atoms with E-state index < -0.39 is 19.8 Å². The van der Waals surface area contributed by atoms with Crippen LogP contribution < -0.4 is 10.0 Å². The van der Waals surface area contributed by atoms with Crippen LogP contribution in [-0.2, 0) is 21.4 Å². The fraction of sp³-hybridized carbons (Fsp3) is 0.462. The molecule has 1 aromatic carbocycles. The van der Waals surface area contributed by atoms with Gasteiger partial charge in [-0.15, -0.1) is 23.2 Å². The largest absolute Gasteiger partial charge is 0.351 e. The van der Waals surface area contributed by atoms with Gasteiger partial charge in [-0.2, -0.15) is 0 Å². The number of nitrogens with one attached hydrogen (secondary N) is 2. The average Bonchev–Trinajstić information content (AvgIpc) is 2.96. The van der Waals surface area contributed by atoms with Gasteiger partial charge in [-0.05, 0) is 38.1 Å². The Morgan fingerprint density at radius 2 is 1.81 bits per heavy atom. The molecule has 1 unspecified atom stereocenters. The summed E-state index contributed by atoms with van der Waals surface area (Å²) in [5.41, 5.74) is 0.0308. The molecule has 0 saturated heterocycles. The fourth-order valence-electron chi connectivity index (χ4n) is 1.93. The standard InChI is InChI=1S/C13H16Cl2N2O3S/c1-12(8-13(12,14)15)11(18)17-7-9-3-5-10(6-4-9)21(19,20)16-2/h3-6,16H,7-8H2,1-2H3,(H,17,18). The number of carbonyl (C=O) groups is 1. The van der Waals surface area contributed by atoms with E-state index in [1.807, 2.05) is 0 Å². The lowest BCUT2D eigenvalue weighted by Crippen LogP contribution is -2.32. The molecule has 1 atom stereocenters. The normalized spacial score (nSPS) is 23.6. The van der Waals surface area contributed by atoms with Crippen LogP contribution in [0.25, 0.3) is 0 Å². The van der Waals surface area contributed by atoms with Crippen molar-refractivity contribution >= 4 is 39.1 Å². The number of sulfonamides is 1. The molecule has 1 aliphatic carbocycles. The van der Waals surface area contributed by atoms with Gasteiger partial charge in [-0.1, -0.05) is 12.1 Å². The molecule has 2 rings (SSSR count). The Kier molecular flexibility index (Phi) is 4.28. The van der Waals surface area contributed by atoms with E-state index >= 15 is 0 Å². The summed E-state index contributed by atoms with van der Waals surface area (Å²) in [5, 5.41) is 2.76. The zero-order valence-electron chi connectivity index (χ0n) is 11.6. The third kappa shape index (κ3) is 3.18. The number of hydrogen-bond acceptors (Lipinski definition) is 3. The van der Waals surface area contributed by atoms with Crippen molar-refractivity contribution in [3.05, 3.63) is 29.8 Å². The van der Waals surface area contributed by atoms with Crippen LogP contribution in [0.5, 0.6) is 0 Å². The highest BCUT2D eigenvalue weighted by molar-refractivity contribution is 7.89. The van der Waals surface area contributed by atoms with Gasteiger partial charge in [0.15, 0.2) is 0 Å². The van der Waals surface area contributed by atoms with Crippen molar-refractivity contribution in [2.24, 2.45) is 5.41 Å². The van der Waals surface area contributed by atoms with Crippen molar-refractivity contribution in [1.82, 2.24) is 10.0 Å². The zero-order chi connectivity index (χ0) is 15.9. The Morgan fingerprint density at radius 1 is 1.29 bits per heavy atom. The first-order valence-electron chi connectivity index (χ1n) is 6.31. The minimum Gasteiger partial charge on any atom is -0.351 e. The highest BCUT2D eigenvalue weighted by Gasteiger charge is 2.67. The lowest BCUT2D eigenvalue weighted by atomic mass is 10.1. The smallest absolute Gasteiger partial charge is 0.240 e. The van der Waals surface area contributed by atoms with Crippen molar-refractivity contribution in [3.63, 3.8) is 0 Å². The molecule has 1 fully saturated rings. The van der Waals surface area contributed by atoms with Crippen molar-refractivity contribution in [2.75, 3.05) is 7.05 Å². The first-order chi connectivity index (χ1) is 9.62. The van der Waals surface area contributed by atoms with Gasteiger partial charge in [0.05, 0.1) is 10.3 Å². The monoisotopic (exact) mass is 350 g/mol. The van der Waals surface area contributed by atoms with Crippen LogP contribution in [0, 0.1) is 5.41 Å². The summed E-state index contributed by atoms with van der Waals surface area (Å²) in [4.78, 5) is 12.2. The number of halogens is 2. The predicted molar refractivity (Wildman–Crippen MR) is 81.7 cm³/mol. The molecular weight excluding hydrogens is 335 g/mol. The third-order valence-corrected chi connectivity index (χ3v) is 6.25. The summed E-state index contributed by atoms with van der Waals surface area (Å²) in [6.07, 6.45) is 0.425. The topological polar surface area (TPSA) is 75.3 Å². The molecule has 5 nitrogen and oxygen atoms in total. The first kappa shape index (κ1) is 16.5. The number of rotatable bonds is 5. The molecule has 116 valence electrons. The first-order valence-corrected chi connectivity index (χ1v) is 8.55. The lowest BCUT2D eigenvalue weighted by molar-refractivity contribution is -0.125. The van der Waals surface area contributed by atoms with Crippen LogP contribution in [0.15, 0.2) is 29.2 Å². The molecule has 0 spiro atoms. The van der Waals surface area contributed by atoms with Crippen molar-refractivity contribution in [2.45, 2.75) is 29.1 Å².